The predicted octanol–water partition coefficient (Wildman–Crippen LogP) is 0.269. The number of rotatable bonds is 0. The van der Waals surface area contributed by atoms with Crippen molar-refractivity contribution in [3.8, 4) is 0 Å². The summed E-state index contributed by atoms with van der Waals surface area (Å²) < 4.78 is 3.30. The molecule has 0 radical (unpaired) electrons. The first kappa shape index (κ1) is 5.93. The maximum atomic E-state index is 4.14. The Morgan fingerprint density at radius 3 is 2.86 bits per heavy atom. The fourth-order valence-corrected chi connectivity index (χ4v) is 2.52. The van der Waals surface area contributed by atoms with Gasteiger partial charge in [0.1, 0.15) is 0 Å². The summed E-state index contributed by atoms with van der Waals surface area (Å²) >= 11 is 7.54. The predicted molar refractivity (Wildman–Crippen MR) is 39.9 cm³/mol. The molecule has 0 bridgehead atoms. The van der Waals surface area contributed by atoms with Gasteiger partial charge in [0.25, 0.3) is 0 Å². The van der Waals surface area contributed by atoms with Gasteiger partial charge in [0, 0.05) is 0 Å². The number of nitrogens with zero attached hydrogens (tertiary/aromatic N) is 1. The number of hydrogen-bond donors (Lipinski definition) is 1. The molecule has 1 heterocycles. The van der Waals surface area contributed by atoms with Crippen LogP contribution in [-0.4, -0.2) is 26.8 Å². The van der Waals surface area contributed by atoms with Crippen molar-refractivity contribution in [3.05, 3.63) is 10.4 Å². The molecule has 0 aromatic carbocycles. The molecule has 0 aliphatic carbocycles. The third-order valence-electron chi connectivity index (χ3n) is 0.638. The van der Waals surface area contributed by atoms with E-state index in [0.29, 0.717) is 0 Å². The van der Waals surface area contributed by atoms with Crippen LogP contribution in [0.3, 0.4) is 0 Å². The second-order valence-corrected chi connectivity index (χ2v) is 4.42. The maximum absolute atomic E-state index is 4.14. The first-order valence-corrected chi connectivity index (χ1v) is 4.35. The normalized spacial score (nSPS) is 20.3. The first-order valence-electron chi connectivity index (χ1n) is 1.84. The van der Waals surface area contributed by atoms with Crippen LogP contribution in [0, 0.1) is 0 Å². The first-order chi connectivity index (χ1) is 3.29. The molecule has 0 aromatic rings. The molecule has 1 atom stereocenters. The van der Waals surface area contributed by atoms with Crippen molar-refractivity contribution in [2.45, 2.75) is 0 Å². The van der Waals surface area contributed by atoms with Crippen LogP contribution < -0.4 is 0 Å². The molecule has 7 heavy (non-hydrogen) atoms. The van der Waals surface area contributed by atoms with Crippen LogP contribution in [0.25, 0.3) is 0 Å². The van der Waals surface area contributed by atoms with Gasteiger partial charge in [0.15, 0.2) is 0 Å². The van der Waals surface area contributed by atoms with E-state index in [9.17, 15) is 0 Å². The number of hydrogen-bond acceptors (Lipinski definition) is 3. The average Bonchev–Trinajstić information content (AvgIpc) is 1.87. The van der Waals surface area contributed by atoms with Crippen LogP contribution >= 0.6 is 24.4 Å². The summed E-state index contributed by atoms with van der Waals surface area (Å²) in [7, 11) is 0. The van der Waals surface area contributed by atoms with Gasteiger partial charge in [-0.05, 0) is 0 Å². The van der Waals surface area contributed by atoms with Crippen LogP contribution in [0.5, 0.6) is 0 Å². The van der Waals surface area contributed by atoms with E-state index in [1.54, 1.807) is 28.8 Å². The van der Waals surface area contributed by atoms with Crippen LogP contribution in [0.2, 0.25) is 0 Å². The van der Waals surface area contributed by atoms with E-state index in [1.807, 2.05) is 6.20 Å². The molecule has 40 valence electrons. The molecule has 1 rings (SSSR count). The van der Waals surface area contributed by atoms with Crippen molar-refractivity contribution < 1.29 is 0 Å². The Balaban J connectivity index is 2.50. The van der Waals surface area contributed by atoms with Crippen LogP contribution in [0.1, 0.15) is 0 Å². The summed E-state index contributed by atoms with van der Waals surface area (Å²) in [6, 6.07) is 0. The Morgan fingerprint density at radius 1 is 2.00 bits per heavy atom. The fraction of sp³-hybridized carbons (Fsp3) is 0.333. The van der Waals surface area contributed by atoms with Crippen LogP contribution in [-0.2, 0) is 0 Å². The monoisotopic (exact) mass is 195 g/mol. The zero-order valence-corrected chi connectivity index (χ0v) is 7.80. The van der Waals surface area contributed by atoms with Crippen LogP contribution in [0.15, 0.2) is 10.4 Å². The summed E-state index contributed by atoms with van der Waals surface area (Å²) in [5, 5.41) is 0. The second kappa shape index (κ2) is 2.38. The molecule has 1 unspecified atom stereocenters. The topological polar surface area (TPSA) is 3.24 Å². The molecule has 0 aromatic heterocycles. The Bertz CT molecular complexity index is 103. The van der Waals surface area contributed by atoms with E-state index < -0.39 is 0 Å². The van der Waals surface area contributed by atoms with Gasteiger partial charge in [-0.3, -0.25) is 0 Å². The van der Waals surface area contributed by atoms with E-state index >= 15 is 0 Å². The van der Waals surface area contributed by atoms with Gasteiger partial charge in [-0.25, -0.2) is 0 Å². The zero-order chi connectivity index (χ0) is 5.28. The van der Waals surface area contributed by atoms with Crippen molar-refractivity contribution in [3.63, 3.8) is 0 Å². The summed E-state index contributed by atoms with van der Waals surface area (Å²) in [4.78, 5) is 0. The molecule has 0 saturated heterocycles. The van der Waals surface area contributed by atoms with E-state index in [0.717, 1.165) is 10.1 Å². The van der Waals surface area contributed by atoms with Crippen molar-refractivity contribution in [1.82, 2.24) is 3.82 Å². The minimum absolute atomic E-state index is 1.08. The fourth-order valence-electron chi connectivity index (χ4n) is 0.357. The molecule has 1 aliphatic rings. The van der Waals surface area contributed by atoms with Crippen molar-refractivity contribution in [2.75, 3.05) is 5.88 Å². The summed E-state index contributed by atoms with van der Waals surface area (Å²) in [6.07, 6.45) is 2.05. The zero-order valence-electron chi connectivity index (χ0n) is 3.66. The summed E-state index contributed by atoms with van der Waals surface area (Å²) in [5.74, 6) is 1.08. The standard InChI is InChI=1S/C3H6AsNS2/c4-5-1-3(6)7-2-5/h1,6H,2,4H2. The van der Waals surface area contributed by atoms with Gasteiger partial charge >= 0.3 is 61.6 Å². The van der Waals surface area contributed by atoms with E-state index in [1.165, 1.54) is 0 Å². The van der Waals surface area contributed by atoms with Gasteiger partial charge in [-0.1, -0.05) is 0 Å². The van der Waals surface area contributed by atoms with E-state index in [2.05, 4.69) is 16.4 Å². The molecule has 0 fully saturated rings. The summed E-state index contributed by atoms with van der Waals surface area (Å²) in [6.45, 7) is 0. The molecule has 1 nitrogen and oxygen atoms in total. The van der Waals surface area contributed by atoms with E-state index in [4.69, 9.17) is 0 Å². The Labute approximate surface area is 61.7 Å². The second-order valence-electron chi connectivity index (χ2n) is 1.25. The van der Waals surface area contributed by atoms with Gasteiger partial charge < -0.3 is 0 Å². The van der Waals surface area contributed by atoms with E-state index in [-0.39, 0.29) is 0 Å². The third-order valence-corrected chi connectivity index (χ3v) is 3.22. The molecule has 0 saturated carbocycles. The van der Waals surface area contributed by atoms with Crippen molar-refractivity contribution >= 4 is 41.5 Å². The Hall–Kier alpha value is 0.798. The van der Waals surface area contributed by atoms with Crippen LogP contribution in [0.4, 0.5) is 0 Å². The van der Waals surface area contributed by atoms with Crippen molar-refractivity contribution in [2.24, 2.45) is 0 Å². The van der Waals surface area contributed by atoms with Crippen molar-refractivity contribution in [1.29, 1.82) is 0 Å². The van der Waals surface area contributed by atoms with Gasteiger partial charge in [-0.15, -0.1) is 0 Å². The molecule has 1 aliphatic heterocycles. The Morgan fingerprint density at radius 2 is 2.71 bits per heavy atom. The Kier molecular flexibility index (Phi) is 2.02. The molecule has 4 heteroatoms. The third kappa shape index (κ3) is 1.63. The molecular weight excluding hydrogens is 189 g/mol. The SMILES string of the molecule is SC1=CN([AsH2])CS1. The van der Waals surface area contributed by atoms with Gasteiger partial charge in [0.2, 0.25) is 0 Å². The minimum atomic E-state index is 1.08. The molecule has 0 spiro atoms. The average molecular weight is 195 g/mol. The quantitative estimate of drug-likeness (QED) is 0.436. The molecule has 0 N–H and O–H groups in total. The molecule has 0 amide bonds. The van der Waals surface area contributed by atoms with Gasteiger partial charge in [-0.2, -0.15) is 0 Å². The summed E-state index contributed by atoms with van der Waals surface area (Å²) in [5.41, 5.74) is 0. The molecular formula is C3H6AsNS2. The number of thiol groups is 1. The number of thioether (sulfide) groups is 1. The van der Waals surface area contributed by atoms with Gasteiger partial charge in [0.05, 0.1) is 0 Å².